The first kappa shape index (κ1) is 14.8. The first-order valence-corrected chi connectivity index (χ1v) is 6.14. The molecule has 0 aromatic heterocycles. The Kier molecular flexibility index (Phi) is 4.01. The maximum atomic E-state index is 12.6. The molecule has 0 saturated carbocycles. The van der Waals surface area contributed by atoms with Crippen molar-refractivity contribution in [1.82, 2.24) is 10.2 Å². The van der Waals surface area contributed by atoms with Gasteiger partial charge in [-0.15, -0.1) is 0 Å². The minimum absolute atomic E-state index is 0.0403. The van der Waals surface area contributed by atoms with Crippen molar-refractivity contribution in [2.45, 2.75) is 18.3 Å². The summed E-state index contributed by atoms with van der Waals surface area (Å²) in [7, 11) is 1.48. The molecule has 1 amide bonds. The van der Waals surface area contributed by atoms with E-state index in [4.69, 9.17) is 0 Å². The second-order valence-corrected chi connectivity index (χ2v) is 4.79. The molecular weight excluding hydrogens is 273 g/mol. The van der Waals surface area contributed by atoms with Gasteiger partial charge in [-0.2, -0.15) is 13.2 Å². The minimum Gasteiger partial charge on any atom is -0.390 e. The third-order valence-electron chi connectivity index (χ3n) is 3.41. The van der Waals surface area contributed by atoms with Crippen LogP contribution in [0.15, 0.2) is 24.3 Å². The fourth-order valence-corrected chi connectivity index (χ4v) is 2.23. The van der Waals surface area contributed by atoms with Crippen LogP contribution in [0.25, 0.3) is 0 Å². The van der Waals surface area contributed by atoms with E-state index >= 15 is 0 Å². The summed E-state index contributed by atoms with van der Waals surface area (Å²) in [6.45, 7) is 0.785. The number of nitrogens with zero attached hydrogens (tertiary/aromatic N) is 1. The number of benzene rings is 1. The summed E-state index contributed by atoms with van der Waals surface area (Å²) in [5.74, 6) is -0.538. The molecule has 1 saturated heterocycles. The molecule has 0 unspecified atom stereocenters. The maximum Gasteiger partial charge on any atom is 0.416 e. The quantitative estimate of drug-likeness (QED) is 0.857. The van der Waals surface area contributed by atoms with Gasteiger partial charge in [-0.05, 0) is 18.2 Å². The standard InChI is InChI=1S/C13H15F3N2O2/c1-18(10-6-17-7-11(10)19)12(20)8-3-2-4-9(5-8)13(14,15)16/h2-5,10-11,17,19H,6-7H2,1H3/t10-,11-/m0/s1. The Morgan fingerprint density at radius 3 is 2.65 bits per heavy atom. The summed E-state index contributed by atoms with van der Waals surface area (Å²) in [4.78, 5) is 13.5. The Morgan fingerprint density at radius 1 is 1.40 bits per heavy atom. The number of β-amino-alcohol motifs (C(OH)–C–C–N with tert-alkyl or cyclic N) is 1. The van der Waals surface area contributed by atoms with E-state index < -0.39 is 29.8 Å². The van der Waals surface area contributed by atoms with E-state index in [0.29, 0.717) is 13.1 Å². The first-order valence-electron chi connectivity index (χ1n) is 6.14. The highest BCUT2D eigenvalue weighted by atomic mass is 19.4. The second kappa shape index (κ2) is 5.41. The van der Waals surface area contributed by atoms with Crippen LogP contribution in [0, 0.1) is 0 Å². The summed E-state index contributed by atoms with van der Waals surface area (Å²) < 4.78 is 37.9. The van der Waals surface area contributed by atoms with Crippen LogP contribution in [0.5, 0.6) is 0 Å². The van der Waals surface area contributed by atoms with Gasteiger partial charge in [0.25, 0.3) is 5.91 Å². The molecule has 0 bridgehead atoms. The smallest absolute Gasteiger partial charge is 0.390 e. The lowest BCUT2D eigenvalue weighted by atomic mass is 10.1. The molecule has 0 aliphatic carbocycles. The van der Waals surface area contributed by atoms with Crippen LogP contribution in [-0.2, 0) is 6.18 Å². The van der Waals surface area contributed by atoms with Crippen molar-refractivity contribution in [3.8, 4) is 0 Å². The van der Waals surface area contributed by atoms with Gasteiger partial charge in [0.05, 0.1) is 17.7 Å². The number of alkyl halides is 3. The van der Waals surface area contributed by atoms with Gasteiger partial charge in [0.1, 0.15) is 0 Å². The maximum absolute atomic E-state index is 12.6. The van der Waals surface area contributed by atoms with Crippen LogP contribution in [0.4, 0.5) is 13.2 Å². The molecule has 2 atom stereocenters. The zero-order valence-corrected chi connectivity index (χ0v) is 10.8. The van der Waals surface area contributed by atoms with E-state index in [2.05, 4.69) is 5.32 Å². The van der Waals surface area contributed by atoms with Gasteiger partial charge in [0, 0.05) is 25.7 Å². The van der Waals surface area contributed by atoms with Crippen molar-refractivity contribution < 1.29 is 23.1 Å². The number of likely N-dealkylation sites (N-methyl/N-ethyl adjacent to an activating group) is 1. The molecule has 110 valence electrons. The van der Waals surface area contributed by atoms with E-state index in [1.54, 1.807) is 0 Å². The Hall–Kier alpha value is -1.60. The molecule has 0 radical (unpaired) electrons. The number of carbonyl (C=O) groups excluding carboxylic acids is 1. The summed E-state index contributed by atoms with van der Waals surface area (Å²) in [5, 5.41) is 12.6. The van der Waals surface area contributed by atoms with Gasteiger partial charge in [-0.25, -0.2) is 0 Å². The number of carbonyl (C=O) groups is 1. The normalized spacial score (nSPS) is 22.9. The fourth-order valence-electron chi connectivity index (χ4n) is 2.23. The molecule has 1 fully saturated rings. The number of nitrogens with one attached hydrogen (secondary N) is 1. The largest absolute Gasteiger partial charge is 0.416 e. The number of aliphatic hydroxyl groups excluding tert-OH is 1. The predicted octanol–water partition coefficient (Wildman–Crippen LogP) is 1.11. The van der Waals surface area contributed by atoms with Crippen LogP contribution in [0.2, 0.25) is 0 Å². The van der Waals surface area contributed by atoms with Gasteiger partial charge >= 0.3 is 6.18 Å². The predicted molar refractivity (Wildman–Crippen MR) is 66.2 cm³/mol. The van der Waals surface area contributed by atoms with E-state index in [0.717, 1.165) is 12.1 Å². The molecule has 0 spiro atoms. The van der Waals surface area contributed by atoms with Crippen molar-refractivity contribution in [2.24, 2.45) is 0 Å². The van der Waals surface area contributed by atoms with Crippen LogP contribution >= 0.6 is 0 Å². The SMILES string of the molecule is CN(C(=O)c1cccc(C(F)(F)F)c1)[C@H]1CNC[C@@H]1O. The summed E-state index contributed by atoms with van der Waals surface area (Å²) in [5.41, 5.74) is -0.900. The third kappa shape index (κ3) is 2.94. The van der Waals surface area contributed by atoms with E-state index in [1.165, 1.54) is 24.1 Å². The number of rotatable bonds is 2. The average Bonchev–Trinajstić information content (AvgIpc) is 2.82. The highest BCUT2D eigenvalue weighted by Gasteiger charge is 2.34. The molecule has 2 rings (SSSR count). The van der Waals surface area contributed by atoms with E-state index in [1.807, 2.05) is 0 Å². The molecule has 1 aromatic carbocycles. The first-order chi connectivity index (χ1) is 9.30. The van der Waals surface area contributed by atoms with E-state index in [9.17, 15) is 23.1 Å². The average molecular weight is 288 g/mol. The molecular formula is C13H15F3N2O2. The van der Waals surface area contributed by atoms with Crippen molar-refractivity contribution in [3.63, 3.8) is 0 Å². The Bertz CT molecular complexity index is 505. The van der Waals surface area contributed by atoms with Crippen molar-refractivity contribution in [3.05, 3.63) is 35.4 Å². The number of hydrogen-bond acceptors (Lipinski definition) is 3. The van der Waals surface area contributed by atoms with E-state index in [-0.39, 0.29) is 5.56 Å². The second-order valence-electron chi connectivity index (χ2n) is 4.79. The molecule has 4 nitrogen and oxygen atoms in total. The summed E-state index contributed by atoms with van der Waals surface area (Å²) in [6.07, 6.45) is -5.20. The van der Waals surface area contributed by atoms with Crippen LogP contribution in [-0.4, -0.2) is 48.2 Å². The lowest BCUT2D eigenvalue weighted by molar-refractivity contribution is -0.137. The Labute approximate surface area is 114 Å². The number of halogens is 3. The van der Waals surface area contributed by atoms with Gasteiger partial charge in [-0.1, -0.05) is 6.07 Å². The van der Waals surface area contributed by atoms with Crippen molar-refractivity contribution in [1.29, 1.82) is 0 Å². The zero-order chi connectivity index (χ0) is 14.9. The number of aliphatic hydroxyl groups is 1. The van der Waals surface area contributed by atoms with Gasteiger partial charge < -0.3 is 15.3 Å². The lowest BCUT2D eigenvalue weighted by Gasteiger charge is -2.26. The molecule has 1 aromatic rings. The topological polar surface area (TPSA) is 52.6 Å². The monoisotopic (exact) mass is 288 g/mol. The number of amides is 1. The van der Waals surface area contributed by atoms with Gasteiger partial charge in [-0.3, -0.25) is 4.79 Å². The number of hydrogen-bond donors (Lipinski definition) is 2. The minimum atomic E-state index is -4.48. The van der Waals surface area contributed by atoms with Crippen LogP contribution in [0.3, 0.4) is 0 Å². The van der Waals surface area contributed by atoms with Crippen molar-refractivity contribution in [2.75, 3.05) is 20.1 Å². The molecule has 1 aliphatic heterocycles. The highest BCUT2D eigenvalue weighted by Crippen LogP contribution is 2.29. The molecule has 1 aliphatic rings. The molecule has 20 heavy (non-hydrogen) atoms. The van der Waals surface area contributed by atoms with Gasteiger partial charge in [0.15, 0.2) is 0 Å². The van der Waals surface area contributed by atoms with Gasteiger partial charge in [0.2, 0.25) is 0 Å². The summed E-state index contributed by atoms with van der Waals surface area (Å²) >= 11 is 0. The Morgan fingerprint density at radius 2 is 2.10 bits per heavy atom. The Balaban J connectivity index is 2.21. The fraction of sp³-hybridized carbons (Fsp3) is 0.462. The lowest BCUT2D eigenvalue weighted by Crippen LogP contribution is -2.44. The van der Waals surface area contributed by atoms with Crippen LogP contribution < -0.4 is 5.32 Å². The summed E-state index contributed by atoms with van der Waals surface area (Å²) in [6, 6.07) is 3.85. The third-order valence-corrected chi connectivity index (χ3v) is 3.41. The van der Waals surface area contributed by atoms with Crippen molar-refractivity contribution >= 4 is 5.91 Å². The molecule has 1 heterocycles. The van der Waals surface area contributed by atoms with Crippen LogP contribution in [0.1, 0.15) is 15.9 Å². The molecule has 2 N–H and O–H groups in total. The molecule has 7 heteroatoms. The highest BCUT2D eigenvalue weighted by molar-refractivity contribution is 5.94. The zero-order valence-electron chi connectivity index (χ0n) is 10.8.